The minimum Gasteiger partial charge on any atom is -0.452 e. The number of fused-ring (bicyclic) bond motifs is 2. The Balaban J connectivity index is 1.43. The van der Waals surface area contributed by atoms with Crippen molar-refractivity contribution in [1.82, 2.24) is 4.90 Å². The fourth-order valence-electron chi connectivity index (χ4n) is 4.63. The summed E-state index contributed by atoms with van der Waals surface area (Å²) in [5, 5.41) is 1.85. The standard InChI is InChI=1S/C22H25NO3/c24-21(23-14-6-10-17-8-2-4-13-20(17)23)15-26-22(25)19-12-5-9-16-7-1-3-11-18(16)19/h1,3,5,7,9,11-12,17,20H,2,4,6,8,10,13-15H2/t17-,20+/m0/s1. The number of amides is 1. The Labute approximate surface area is 154 Å². The van der Waals surface area contributed by atoms with Gasteiger partial charge in [-0.2, -0.15) is 0 Å². The molecular formula is C22H25NO3. The number of esters is 1. The van der Waals surface area contributed by atoms with Crippen LogP contribution in [0.4, 0.5) is 0 Å². The summed E-state index contributed by atoms with van der Waals surface area (Å²) >= 11 is 0. The van der Waals surface area contributed by atoms with Gasteiger partial charge >= 0.3 is 5.97 Å². The summed E-state index contributed by atoms with van der Waals surface area (Å²) in [5.74, 6) is 0.165. The highest BCUT2D eigenvalue weighted by molar-refractivity contribution is 6.04. The lowest BCUT2D eigenvalue weighted by Gasteiger charge is -2.44. The molecule has 0 N–H and O–H groups in total. The van der Waals surface area contributed by atoms with E-state index in [1.807, 2.05) is 41.3 Å². The van der Waals surface area contributed by atoms with Gasteiger partial charge in [-0.25, -0.2) is 4.79 Å². The average molecular weight is 351 g/mol. The third kappa shape index (κ3) is 3.33. The highest BCUT2D eigenvalue weighted by atomic mass is 16.5. The molecule has 0 bridgehead atoms. The molecule has 0 radical (unpaired) electrons. The molecule has 1 saturated carbocycles. The van der Waals surface area contributed by atoms with Crippen molar-refractivity contribution in [2.45, 2.75) is 44.6 Å². The van der Waals surface area contributed by atoms with Gasteiger partial charge in [-0.05, 0) is 48.4 Å². The fourth-order valence-corrected chi connectivity index (χ4v) is 4.63. The molecule has 1 aliphatic carbocycles. The molecule has 2 atom stereocenters. The number of ether oxygens (including phenoxy) is 1. The van der Waals surface area contributed by atoms with Gasteiger partial charge in [-0.3, -0.25) is 4.79 Å². The first-order valence-corrected chi connectivity index (χ1v) is 9.68. The van der Waals surface area contributed by atoms with Crippen molar-refractivity contribution < 1.29 is 14.3 Å². The summed E-state index contributed by atoms with van der Waals surface area (Å²) < 4.78 is 5.40. The molecule has 4 heteroatoms. The second kappa shape index (κ2) is 7.48. The Morgan fingerprint density at radius 2 is 1.73 bits per heavy atom. The van der Waals surface area contributed by atoms with Gasteiger partial charge in [0.05, 0.1) is 5.56 Å². The molecule has 2 aromatic rings. The summed E-state index contributed by atoms with van der Waals surface area (Å²) in [7, 11) is 0. The molecule has 0 aromatic heterocycles. The van der Waals surface area contributed by atoms with Gasteiger partial charge in [0.2, 0.25) is 0 Å². The number of nitrogens with zero attached hydrogens (tertiary/aromatic N) is 1. The van der Waals surface area contributed by atoms with Gasteiger partial charge in [-0.1, -0.05) is 49.2 Å². The molecule has 2 aromatic carbocycles. The SMILES string of the molecule is O=C(OCC(=O)N1CCC[C@@H]2CCCC[C@H]21)c1cccc2ccccc12. The van der Waals surface area contributed by atoms with Crippen LogP contribution in [0.2, 0.25) is 0 Å². The lowest BCUT2D eigenvalue weighted by molar-refractivity contribution is -0.140. The monoisotopic (exact) mass is 351 g/mol. The van der Waals surface area contributed by atoms with Crippen LogP contribution in [0.15, 0.2) is 42.5 Å². The number of likely N-dealkylation sites (tertiary alicyclic amines) is 1. The predicted molar refractivity (Wildman–Crippen MR) is 101 cm³/mol. The second-order valence-corrected chi connectivity index (χ2v) is 7.44. The number of hydrogen-bond donors (Lipinski definition) is 0. The Morgan fingerprint density at radius 3 is 2.65 bits per heavy atom. The Kier molecular flexibility index (Phi) is 4.91. The number of piperidine rings is 1. The molecule has 1 heterocycles. The molecule has 2 aliphatic rings. The van der Waals surface area contributed by atoms with Gasteiger partial charge in [0.1, 0.15) is 0 Å². The zero-order valence-corrected chi connectivity index (χ0v) is 15.0. The Bertz CT molecular complexity index is 809. The van der Waals surface area contributed by atoms with Crippen molar-refractivity contribution in [1.29, 1.82) is 0 Å². The highest BCUT2D eigenvalue weighted by Crippen LogP contribution is 2.35. The largest absolute Gasteiger partial charge is 0.452 e. The maximum Gasteiger partial charge on any atom is 0.339 e. The van der Waals surface area contributed by atoms with Crippen LogP contribution in [0.25, 0.3) is 10.8 Å². The number of rotatable bonds is 3. The van der Waals surface area contributed by atoms with Crippen molar-refractivity contribution >= 4 is 22.6 Å². The first kappa shape index (κ1) is 17.1. The first-order chi connectivity index (χ1) is 12.7. The van der Waals surface area contributed by atoms with Crippen LogP contribution >= 0.6 is 0 Å². The van der Waals surface area contributed by atoms with Crippen LogP contribution < -0.4 is 0 Å². The summed E-state index contributed by atoms with van der Waals surface area (Å²) in [6.07, 6.45) is 7.08. The van der Waals surface area contributed by atoms with E-state index in [0.29, 0.717) is 17.5 Å². The third-order valence-electron chi connectivity index (χ3n) is 5.90. The summed E-state index contributed by atoms with van der Waals surface area (Å²) in [6, 6.07) is 13.6. The number of carbonyl (C=O) groups is 2. The van der Waals surface area contributed by atoms with Crippen LogP contribution in [0, 0.1) is 5.92 Å². The van der Waals surface area contributed by atoms with Crippen LogP contribution in [0.5, 0.6) is 0 Å². The molecule has 2 fully saturated rings. The molecular weight excluding hydrogens is 326 g/mol. The molecule has 1 saturated heterocycles. The van der Waals surface area contributed by atoms with Crippen molar-refractivity contribution in [2.75, 3.05) is 13.2 Å². The van der Waals surface area contributed by atoms with Gasteiger partial charge in [-0.15, -0.1) is 0 Å². The van der Waals surface area contributed by atoms with Gasteiger partial charge in [0, 0.05) is 12.6 Å². The zero-order valence-electron chi connectivity index (χ0n) is 15.0. The molecule has 0 unspecified atom stereocenters. The van der Waals surface area contributed by atoms with Crippen LogP contribution in [0.3, 0.4) is 0 Å². The fraction of sp³-hybridized carbons (Fsp3) is 0.455. The van der Waals surface area contributed by atoms with E-state index in [-0.39, 0.29) is 12.5 Å². The van der Waals surface area contributed by atoms with Crippen LogP contribution in [-0.2, 0) is 9.53 Å². The van der Waals surface area contributed by atoms with Crippen molar-refractivity contribution in [3.63, 3.8) is 0 Å². The van der Waals surface area contributed by atoms with E-state index < -0.39 is 5.97 Å². The lowest BCUT2D eigenvalue weighted by atomic mass is 9.78. The van der Waals surface area contributed by atoms with E-state index in [9.17, 15) is 9.59 Å². The average Bonchev–Trinajstić information content (AvgIpc) is 2.71. The Hall–Kier alpha value is -2.36. The third-order valence-corrected chi connectivity index (χ3v) is 5.90. The number of benzene rings is 2. The summed E-state index contributed by atoms with van der Waals surface area (Å²) in [4.78, 5) is 27.2. The topological polar surface area (TPSA) is 46.6 Å². The molecule has 4 rings (SSSR count). The second-order valence-electron chi connectivity index (χ2n) is 7.44. The summed E-state index contributed by atoms with van der Waals surface area (Å²) in [6.45, 7) is 0.636. The van der Waals surface area contributed by atoms with Crippen LogP contribution in [-0.4, -0.2) is 36.0 Å². The van der Waals surface area contributed by atoms with Crippen molar-refractivity contribution in [2.24, 2.45) is 5.92 Å². The normalized spacial score (nSPS) is 22.7. The maximum atomic E-state index is 12.7. The molecule has 1 aliphatic heterocycles. The number of carbonyl (C=O) groups excluding carboxylic acids is 2. The van der Waals surface area contributed by atoms with E-state index >= 15 is 0 Å². The molecule has 136 valence electrons. The van der Waals surface area contributed by atoms with Gasteiger partial charge in [0.15, 0.2) is 6.61 Å². The molecule has 1 amide bonds. The first-order valence-electron chi connectivity index (χ1n) is 9.68. The van der Waals surface area contributed by atoms with E-state index in [2.05, 4.69) is 0 Å². The lowest BCUT2D eigenvalue weighted by Crippen LogP contribution is -2.50. The summed E-state index contributed by atoms with van der Waals surface area (Å²) in [5.41, 5.74) is 0.519. The van der Waals surface area contributed by atoms with Gasteiger partial charge in [0.25, 0.3) is 5.91 Å². The van der Waals surface area contributed by atoms with Crippen molar-refractivity contribution in [3.8, 4) is 0 Å². The van der Waals surface area contributed by atoms with E-state index in [0.717, 1.165) is 30.2 Å². The van der Waals surface area contributed by atoms with Crippen LogP contribution in [0.1, 0.15) is 48.9 Å². The smallest absolute Gasteiger partial charge is 0.339 e. The van der Waals surface area contributed by atoms with Gasteiger partial charge < -0.3 is 9.64 Å². The predicted octanol–water partition coefficient (Wildman–Crippen LogP) is 4.18. The Morgan fingerprint density at radius 1 is 0.962 bits per heavy atom. The minimum absolute atomic E-state index is 0.0461. The zero-order chi connectivity index (χ0) is 17.9. The molecule has 4 nitrogen and oxygen atoms in total. The van der Waals surface area contributed by atoms with E-state index in [1.165, 1.54) is 25.7 Å². The number of hydrogen-bond acceptors (Lipinski definition) is 3. The minimum atomic E-state index is -0.424. The maximum absolute atomic E-state index is 12.7. The molecule has 26 heavy (non-hydrogen) atoms. The van der Waals surface area contributed by atoms with Crippen molar-refractivity contribution in [3.05, 3.63) is 48.0 Å². The van der Waals surface area contributed by atoms with E-state index in [1.54, 1.807) is 6.07 Å². The highest BCUT2D eigenvalue weighted by Gasteiger charge is 2.35. The quantitative estimate of drug-likeness (QED) is 0.780. The van der Waals surface area contributed by atoms with E-state index in [4.69, 9.17) is 4.74 Å². The molecule has 0 spiro atoms.